The third-order valence-corrected chi connectivity index (χ3v) is 6.16. The predicted octanol–water partition coefficient (Wildman–Crippen LogP) is 3.22. The van der Waals surface area contributed by atoms with Gasteiger partial charge in [0.25, 0.3) is 0 Å². The van der Waals surface area contributed by atoms with Gasteiger partial charge in [-0.15, -0.1) is 23.5 Å². The number of halogens is 1. The number of carbonyl (C=O) groups is 2. The van der Waals surface area contributed by atoms with E-state index in [2.05, 4.69) is 15.9 Å². The van der Waals surface area contributed by atoms with Gasteiger partial charge in [-0.1, -0.05) is 15.9 Å². The van der Waals surface area contributed by atoms with Crippen LogP contribution in [-0.4, -0.2) is 44.8 Å². The van der Waals surface area contributed by atoms with E-state index in [-0.39, 0.29) is 17.0 Å². The van der Waals surface area contributed by atoms with E-state index in [4.69, 9.17) is 0 Å². The second-order valence-electron chi connectivity index (χ2n) is 4.79. The first-order valence-corrected chi connectivity index (χ1v) is 9.27. The van der Waals surface area contributed by atoms with Crippen LogP contribution in [0.2, 0.25) is 0 Å². The molecule has 4 nitrogen and oxygen atoms in total. The number of hydrogen-bond donors (Lipinski definition) is 1. The Labute approximate surface area is 140 Å². The Morgan fingerprint density at radius 2 is 2.24 bits per heavy atom. The Bertz CT molecular complexity index is 567. The lowest BCUT2D eigenvalue weighted by atomic mass is 10.2. The summed E-state index contributed by atoms with van der Waals surface area (Å²) in [6.45, 7) is 3.87. The van der Waals surface area contributed by atoms with E-state index >= 15 is 0 Å². The molecule has 2 atom stereocenters. The number of nitrogens with zero attached hydrogens (tertiary/aromatic N) is 1. The number of carbonyl (C=O) groups excluding carboxylic acids is 1. The molecule has 1 heterocycles. The summed E-state index contributed by atoms with van der Waals surface area (Å²) in [5.74, 6) is -0.321. The molecule has 21 heavy (non-hydrogen) atoms. The molecule has 0 radical (unpaired) electrons. The van der Waals surface area contributed by atoms with Crippen LogP contribution in [0, 0.1) is 6.92 Å². The van der Waals surface area contributed by atoms with Crippen LogP contribution in [0.5, 0.6) is 0 Å². The Morgan fingerprint density at radius 3 is 2.86 bits per heavy atom. The monoisotopic (exact) mass is 389 g/mol. The molecule has 0 saturated carbocycles. The third-order valence-electron chi connectivity index (χ3n) is 3.28. The number of rotatable bonds is 4. The van der Waals surface area contributed by atoms with Crippen molar-refractivity contribution < 1.29 is 14.7 Å². The van der Waals surface area contributed by atoms with Gasteiger partial charge in [-0.2, -0.15) is 0 Å². The van der Waals surface area contributed by atoms with E-state index in [1.54, 1.807) is 0 Å². The quantitative estimate of drug-likeness (QED) is 0.801. The van der Waals surface area contributed by atoms with Crippen LogP contribution in [-0.2, 0) is 9.59 Å². The normalized spacial score (nSPS) is 21.6. The van der Waals surface area contributed by atoms with E-state index in [9.17, 15) is 14.7 Å². The standard InChI is InChI=1S/C14H16BrNO3S2/c1-8-5-10(15)3-4-12(8)21-7-13(17)16-9(2)20-6-11(16)14(18)19/h3-5,9,11H,6-7H2,1-2H3,(H,18,19). The second-order valence-corrected chi connectivity index (χ2v) is 8.07. The SMILES string of the molecule is Cc1cc(Br)ccc1SCC(=O)N1C(C)SCC1C(=O)O. The van der Waals surface area contributed by atoms with Gasteiger partial charge >= 0.3 is 5.97 Å². The molecule has 0 aromatic heterocycles. The number of carboxylic acids is 1. The average Bonchev–Trinajstić information content (AvgIpc) is 2.79. The summed E-state index contributed by atoms with van der Waals surface area (Å²) in [5, 5.41) is 9.11. The number of carboxylic acid groups (broad SMARTS) is 1. The van der Waals surface area contributed by atoms with Gasteiger partial charge in [-0.25, -0.2) is 4.79 Å². The van der Waals surface area contributed by atoms with Crippen molar-refractivity contribution in [1.82, 2.24) is 4.90 Å². The van der Waals surface area contributed by atoms with Gasteiger partial charge in [0.2, 0.25) is 5.91 Å². The molecule has 2 rings (SSSR count). The summed E-state index contributed by atoms with van der Waals surface area (Å²) in [5.41, 5.74) is 1.10. The van der Waals surface area contributed by atoms with E-state index in [0.717, 1.165) is 14.9 Å². The van der Waals surface area contributed by atoms with Crippen LogP contribution in [0.4, 0.5) is 0 Å². The molecule has 0 aliphatic carbocycles. The van der Waals surface area contributed by atoms with Crippen molar-refractivity contribution in [2.24, 2.45) is 0 Å². The highest BCUT2D eigenvalue weighted by molar-refractivity contribution is 9.10. The average molecular weight is 390 g/mol. The van der Waals surface area contributed by atoms with Crippen LogP contribution in [0.15, 0.2) is 27.6 Å². The highest BCUT2D eigenvalue weighted by atomic mass is 79.9. The Kier molecular flexibility index (Phi) is 5.62. The molecule has 7 heteroatoms. The molecular weight excluding hydrogens is 374 g/mol. The molecule has 0 spiro atoms. The predicted molar refractivity (Wildman–Crippen MR) is 89.8 cm³/mol. The first kappa shape index (κ1) is 16.7. The molecule has 1 N–H and O–H groups in total. The second kappa shape index (κ2) is 7.07. The lowest BCUT2D eigenvalue weighted by Gasteiger charge is -2.25. The highest BCUT2D eigenvalue weighted by Crippen LogP contribution is 2.31. The first-order valence-electron chi connectivity index (χ1n) is 6.44. The van der Waals surface area contributed by atoms with Crippen LogP contribution in [0.25, 0.3) is 0 Å². The van der Waals surface area contributed by atoms with Crippen molar-refractivity contribution in [1.29, 1.82) is 0 Å². The fourth-order valence-corrected chi connectivity index (χ4v) is 4.74. The zero-order valence-corrected chi connectivity index (χ0v) is 14.9. The summed E-state index contributed by atoms with van der Waals surface area (Å²) < 4.78 is 1.01. The molecule has 114 valence electrons. The van der Waals surface area contributed by atoms with Crippen LogP contribution >= 0.6 is 39.5 Å². The summed E-state index contributed by atoms with van der Waals surface area (Å²) in [4.78, 5) is 26.1. The molecule has 1 fully saturated rings. The van der Waals surface area contributed by atoms with Crippen LogP contribution in [0.3, 0.4) is 0 Å². The molecule has 1 aliphatic heterocycles. The van der Waals surface area contributed by atoms with Gasteiger partial charge in [0.1, 0.15) is 6.04 Å². The number of benzene rings is 1. The van der Waals surface area contributed by atoms with Gasteiger partial charge in [0, 0.05) is 15.1 Å². The zero-order chi connectivity index (χ0) is 15.6. The van der Waals surface area contributed by atoms with E-state index in [1.165, 1.54) is 28.4 Å². The minimum Gasteiger partial charge on any atom is -0.480 e. The smallest absolute Gasteiger partial charge is 0.327 e. The molecule has 0 bridgehead atoms. The molecule has 1 amide bonds. The largest absolute Gasteiger partial charge is 0.480 e. The van der Waals surface area contributed by atoms with Gasteiger partial charge in [0.15, 0.2) is 0 Å². The van der Waals surface area contributed by atoms with Crippen LogP contribution < -0.4 is 0 Å². The Morgan fingerprint density at radius 1 is 1.52 bits per heavy atom. The molecule has 2 unspecified atom stereocenters. The lowest BCUT2D eigenvalue weighted by Crippen LogP contribution is -2.45. The molecule has 1 saturated heterocycles. The number of aryl methyl sites for hydroxylation is 1. The summed E-state index contributed by atoms with van der Waals surface area (Å²) in [6.07, 6.45) is 0. The maximum absolute atomic E-state index is 12.3. The fourth-order valence-electron chi connectivity index (χ4n) is 2.20. The maximum Gasteiger partial charge on any atom is 0.327 e. The zero-order valence-electron chi connectivity index (χ0n) is 11.7. The Hall–Kier alpha value is -0.660. The Balaban J connectivity index is 2.02. The molecule has 1 aliphatic rings. The number of hydrogen-bond acceptors (Lipinski definition) is 4. The third kappa shape index (κ3) is 3.96. The van der Waals surface area contributed by atoms with Crippen molar-refractivity contribution in [2.45, 2.75) is 30.2 Å². The van der Waals surface area contributed by atoms with Crippen molar-refractivity contribution >= 4 is 51.3 Å². The van der Waals surface area contributed by atoms with Crippen molar-refractivity contribution in [2.75, 3.05) is 11.5 Å². The topological polar surface area (TPSA) is 57.6 Å². The lowest BCUT2D eigenvalue weighted by molar-refractivity contribution is -0.147. The van der Waals surface area contributed by atoms with E-state index < -0.39 is 12.0 Å². The highest BCUT2D eigenvalue weighted by Gasteiger charge is 2.39. The van der Waals surface area contributed by atoms with Gasteiger partial charge in [-0.05, 0) is 37.6 Å². The minimum atomic E-state index is -0.926. The number of thioether (sulfide) groups is 2. The van der Waals surface area contributed by atoms with Crippen molar-refractivity contribution in [3.63, 3.8) is 0 Å². The molecular formula is C14H16BrNO3S2. The van der Waals surface area contributed by atoms with E-state index in [0.29, 0.717) is 5.75 Å². The molecule has 1 aromatic rings. The van der Waals surface area contributed by atoms with Crippen LogP contribution in [0.1, 0.15) is 12.5 Å². The maximum atomic E-state index is 12.3. The minimum absolute atomic E-state index is 0.0785. The molecule has 1 aromatic carbocycles. The van der Waals surface area contributed by atoms with Gasteiger partial charge < -0.3 is 10.0 Å². The number of amides is 1. The summed E-state index contributed by atoms with van der Waals surface area (Å²) in [6, 6.07) is 5.20. The first-order chi connectivity index (χ1) is 9.90. The van der Waals surface area contributed by atoms with E-state index in [1.807, 2.05) is 32.0 Å². The number of aliphatic carboxylic acids is 1. The summed E-state index contributed by atoms with van der Waals surface area (Å²) in [7, 11) is 0. The van der Waals surface area contributed by atoms with Gasteiger partial charge in [-0.3, -0.25) is 4.79 Å². The summed E-state index contributed by atoms with van der Waals surface area (Å²) >= 11 is 6.37. The van der Waals surface area contributed by atoms with Crippen molar-refractivity contribution in [3.8, 4) is 0 Å². The fraction of sp³-hybridized carbons (Fsp3) is 0.429. The van der Waals surface area contributed by atoms with Gasteiger partial charge in [0.05, 0.1) is 11.1 Å². The van der Waals surface area contributed by atoms with Crippen molar-refractivity contribution in [3.05, 3.63) is 28.2 Å².